The monoisotopic (exact) mass is 323 g/mol. The van der Waals surface area contributed by atoms with Crippen molar-refractivity contribution in [1.82, 2.24) is 9.80 Å². The van der Waals surface area contributed by atoms with E-state index in [9.17, 15) is 9.59 Å². The fraction of sp³-hybridized carbons (Fsp3) is 0.263. The van der Waals surface area contributed by atoms with Crippen molar-refractivity contribution in [3.63, 3.8) is 0 Å². The van der Waals surface area contributed by atoms with E-state index in [-0.39, 0.29) is 11.9 Å². The van der Waals surface area contributed by atoms with Crippen LogP contribution in [0.3, 0.4) is 0 Å². The van der Waals surface area contributed by atoms with Crippen LogP contribution in [-0.2, 0) is 4.79 Å². The van der Waals surface area contributed by atoms with Crippen molar-refractivity contribution in [1.29, 1.82) is 0 Å². The van der Waals surface area contributed by atoms with Crippen LogP contribution >= 0.6 is 0 Å². The van der Waals surface area contributed by atoms with E-state index in [0.29, 0.717) is 26.2 Å². The van der Waals surface area contributed by atoms with Crippen LogP contribution < -0.4 is 5.32 Å². The lowest BCUT2D eigenvalue weighted by molar-refractivity contribution is -0.130. The molecule has 1 saturated heterocycles. The summed E-state index contributed by atoms with van der Waals surface area (Å²) < 4.78 is 0. The maximum Gasteiger partial charge on any atom is 0.321 e. The number of rotatable bonds is 2. The average Bonchev–Trinajstić information content (AvgIpc) is 2.63. The number of piperazine rings is 1. The second-order valence-corrected chi connectivity index (χ2v) is 5.87. The Morgan fingerprint density at radius 2 is 1.33 bits per heavy atom. The molecule has 2 aromatic rings. The number of hydrogen-bond donors (Lipinski definition) is 1. The van der Waals surface area contributed by atoms with Gasteiger partial charge in [0.15, 0.2) is 0 Å². The zero-order chi connectivity index (χ0) is 16.9. The summed E-state index contributed by atoms with van der Waals surface area (Å²) in [5.74, 6) is 0.0616. The average molecular weight is 323 g/mol. The lowest BCUT2D eigenvalue weighted by Gasteiger charge is -2.34. The minimum Gasteiger partial charge on any atom is -0.339 e. The third-order valence-electron chi connectivity index (χ3n) is 4.26. The molecule has 0 aromatic heterocycles. The van der Waals surface area contributed by atoms with Crippen molar-refractivity contribution in [3.8, 4) is 11.1 Å². The molecule has 124 valence electrons. The van der Waals surface area contributed by atoms with Gasteiger partial charge in [-0.3, -0.25) is 4.79 Å². The predicted octanol–water partition coefficient (Wildman–Crippen LogP) is 3.05. The molecule has 0 spiro atoms. The van der Waals surface area contributed by atoms with Crippen LogP contribution in [0.1, 0.15) is 6.92 Å². The summed E-state index contributed by atoms with van der Waals surface area (Å²) in [6, 6.07) is 17.8. The molecular weight excluding hydrogens is 302 g/mol. The lowest BCUT2D eigenvalue weighted by Crippen LogP contribution is -2.51. The second-order valence-electron chi connectivity index (χ2n) is 5.87. The van der Waals surface area contributed by atoms with Gasteiger partial charge in [0, 0.05) is 38.8 Å². The highest BCUT2D eigenvalue weighted by Gasteiger charge is 2.22. The standard InChI is InChI=1S/C19H21N3O2/c1-15(23)21-11-13-22(14-12-21)19(24)20-18-9-7-17(8-10-18)16-5-3-2-4-6-16/h2-10H,11-14H2,1H3,(H,20,24). The molecule has 5 heteroatoms. The van der Waals surface area contributed by atoms with Crippen LogP contribution in [0.25, 0.3) is 11.1 Å². The molecule has 2 aromatic carbocycles. The molecule has 3 amide bonds. The molecule has 0 atom stereocenters. The number of nitrogens with one attached hydrogen (secondary N) is 1. The van der Waals surface area contributed by atoms with Gasteiger partial charge in [0.25, 0.3) is 0 Å². The number of carbonyl (C=O) groups is 2. The largest absolute Gasteiger partial charge is 0.339 e. The van der Waals surface area contributed by atoms with Crippen molar-refractivity contribution in [3.05, 3.63) is 54.6 Å². The number of hydrogen-bond acceptors (Lipinski definition) is 2. The zero-order valence-electron chi connectivity index (χ0n) is 13.7. The molecule has 0 bridgehead atoms. The van der Waals surface area contributed by atoms with E-state index in [4.69, 9.17) is 0 Å². The SMILES string of the molecule is CC(=O)N1CCN(C(=O)Nc2ccc(-c3ccccc3)cc2)CC1. The van der Waals surface area contributed by atoms with Crippen LogP contribution in [0.15, 0.2) is 54.6 Å². The first kappa shape index (κ1) is 16.1. The molecule has 1 aliphatic rings. The van der Waals surface area contributed by atoms with Crippen molar-refractivity contribution in [2.24, 2.45) is 0 Å². The molecule has 24 heavy (non-hydrogen) atoms. The highest BCUT2D eigenvalue weighted by molar-refractivity contribution is 5.90. The predicted molar refractivity (Wildman–Crippen MR) is 94.7 cm³/mol. The molecule has 0 aliphatic carbocycles. The Morgan fingerprint density at radius 3 is 1.92 bits per heavy atom. The number of benzene rings is 2. The minimum absolute atomic E-state index is 0.0616. The molecule has 0 radical (unpaired) electrons. The van der Waals surface area contributed by atoms with Gasteiger partial charge in [0.1, 0.15) is 0 Å². The van der Waals surface area contributed by atoms with E-state index in [1.54, 1.807) is 16.7 Å². The third-order valence-corrected chi connectivity index (χ3v) is 4.26. The van der Waals surface area contributed by atoms with Crippen molar-refractivity contribution in [2.75, 3.05) is 31.5 Å². The quantitative estimate of drug-likeness (QED) is 0.923. The first-order valence-corrected chi connectivity index (χ1v) is 8.10. The second kappa shape index (κ2) is 7.17. The van der Waals surface area contributed by atoms with Gasteiger partial charge in [-0.1, -0.05) is 42.5 Å². The molecular formula is C19H21N3O2. The van der Waals surface area contributed by atoms with Crippen LogP contribution in [-0.4, -0.2) is 47.9 Å². The number of carbonyl (C=O) groups excluding carboxylic acids is 2. The highest BCUT2D eigenvalue weighted by Crippen LogP contribution is 2.21. The van der Waals surface area contributed by atoms with E-state index < -0.39 is 0 Å². The molecule has 1 aliphatic heterocycles. The molecule has 0 unspecified atom stereocenters. The highest BCUT2D eigenvalue weighted by atomic mass is 16.2. The van der Waals surface area contributed by atoms with Crippen LogP contribution in [0.5, 0.6) is 0 Å². The maximum absolute atomic E-state index is 12.3. The third kappa shape index (κ3) is 3.74. The first-order valence-electron chi connectivity index (χ1n) is 8.10. The molecule has 1 N–H and O–H groups in total. The summed E-state index contributed by atoms with van der Waals surface area (Å²) in [4.78, 5) is 27.1. The Bertz CT molecular complexity index is 705. The Hall–Kier alpha value is -2.82. The molecule has 3 rings (SSSR count). The zero-order valence-corrected chi connectivity index (χ0v) is 13.7. The number of nitrogens with zero attached hydrogens (tertiary/aromatic N) is 2. The van der Waals surface area contributed by atoms with Crippen LogP contribution in [0.4, 0.5) is 10.5 Å². The topological polar surface area (TPSA) is 52.7 Å². The van der Waals surface area contributed by atoms with Gasteiger partial charge in [0.05, 0.1) is 0 Å². The van der Waals surface area contributed by atoms with Gasteiger partial charge in [0.2, 0.25) is 5.91 Å². The van der Waals surface area contributed by atoms with Gasteiger partial charge < -0.3 is 15.1 Å². The summed E-state index contributed by atoms with van der Waals surface area (Å²) in [5, 5.41) is 2.92. The Balaban J connectivity index is 1.58. The van der Waals surface area contributed by atoms with Crippen LogP contribution in [0, 0.1) is 0 Å². The van der Waals surface area contributed by atoms with Gasteiger partial charge in [-0.15, -0.1) is 0 Å². The van der Waals surface area contributed by atoms with Gasteiger partial charge >= 0.3 is 6.03 Å². The maximum atomic E-state index is 12.3. The lowest BCUT2D eigenvalue weighted by atomic mass is 10.1. The number of urea groups is 1. The van der Waals surface area contributed by atoms with Gasteiger partial charge in [-0.2, -0.15) is 0 Å². The fourth-order valence-corrected chi connectivity index (χ4v) is 2.80. The summed E-state index contributed by atoms with van der Waals surface area (Å²) >= 11 is 0. The Morgan fingerprint density at radius 1 is 0.792 bits per heavy atom. The number of amides is 3. The smallest absolute Gasteiger partial charge is 0.321 e. The van der Waals surface area contributed by atoms with E-state index in [0.717, 1.165) is 16.8 Å². The van der Waals surface area contributed by atoms with Gasteiger partial charge in [-0.05, 0) is 23.3 Å². The van der Waals surface area contributed by atoms with Crippen LogP contribution in [0.2, 0.25) is 0 Å². The van der Waals surface area contributed by atoms with Gasteiger partial charge in [-0.25, -0.2) is 4.79 Å². The molecule has 1 fully saturated rings. The summed E-state index contributed by atoms with van der Waals surface area (Å²) in [7, 11) is 0. The van der Waals surface area contributed by atoms with E-state index in [2.05, 4.69) is 17.4 Å². The van der Waals surface area contributed by atoms with E-state index in [1.807, 2.05) is 42.5 Å². The molecule has 0 saturated carbocycles. The fourth-order valence-electron chi connectivity index (χ4n) is 2.80. The number of anilines is 1. The molecule has 5 nitrogen and oxygen atoms in total. The Labute approximate surface area is 141 Å². The summed E-state index contributed by atoms with van der Waals surface area (Å²) in [6.07, 6.45) is 0. The summed E-state index contributed by atoms with van der Waals surface area (Å²) in [5.41, 5.74) is 3.04. The summed E-state index contributed by atoms with van der Waals surface area (Å²) in [6.45, 7) is 3.87. The van der Waals surface area contributed by atoms with E-state index >= 15 is 0 Å². The van der Waals surface area contributed by atoms with Crippen molar-refractivity contribution < 1.29 is 9.59 Å². The first-order chi connectivity index (χ1) is 11.6. The Kier molecular flexibility index (Phi) is 4.79. The normalized spacial score (nSPS) is 14.4. The molecule has 1 heterocycles. The minimum atomic E-state index is -0.120. The van der Waals surface area contributed by atoms with Crippen molar-refractivity contribution in [2.45, 2.75) is 6.92 Å². The van der Waals surface area contributed by atoms with E-state index in [1.165, 1.54) is 0 Å². The van der Waals surface area contributed by atoms with Crippen molar-refractivity contribution >= 4 is 17.6 Å².